The predicted octanol–water partition coefficient (Wildman–Crippen LogP) is 8.95. The molecule has 0 spiro atoms. The third-order valence-electron chi connectivity index (χ3n) is 11.1. The van der Waals surface area contributed by atoms with Crippen molar-refractivity contribution in [3.63, 3.8) is 0 Å². The molecular formula is C47H57N3O8S. The lowest BCUT2D eigenvalue weighted by atomic mass is 9.84. The third kappa shape index (κ3) is 12.6. The number of hydrogen-bond donors (Lipinski definition) is 5. The minimum absolute atomic E-state index is 0.00831. The van der Waals surface area contributed by atoms with Crippen LogP contribution in [0.25, 0.3) is 20.9 Å². The van der Waals surface area contributed by atoms with Crippen molar-refractivity contribution in [1.82, 2.24) is 10.3 Å². The van der Waals surface area contributed by atoms with Crippen molar-refractivity contribution in [2.45, 2.75) is 115 Å². The van der Waals surface area contributed by atoms with Gasteiger partial charge in [-0.05, 0) is 117 Å². The van der Waals surface area contributed by atoms with Crippen LogP contribution in [-0.2, 0) is 25.7 Å². The summed E-state index contributed by atoms with van der Waals surface area (Å²) < 4.78 is 12.1. The number of hydrogen-bond acceptors (Lipinski definition) is 10. The van der Waals surface area contributed by atoms with Crippen LogP contribution < -0.4 is 10.6 Å². The van der Waals surface area contributed by atoms with Gasteiger partial charge in [-0.1, -0.05) is 67.8 Å². The number of esters is 1. The largest absolute Gasteiger partial charge is 0.461 e. The Balaban J connectivity index is 0.924. The van der Waals surface area contributed by atoms with E-state index in [1.807, 2.05) is 60.7 Å². The van der Waals surface area contributed by atoms with E-state index in [1.165, 1.54) is 0 Å². The van der Waals surface area contributed by atoms with Gasteiger partial charge in [-0.15, -0.1) is 11.3 Å². The molecule has 1 aliphatic rings. The van der Waals surface area contributed by atoms with Crippen LogP contribution in [0.5, 0.6) is 0 Å². The minimum atomic E-state index is -0.731. The number of alkyl carbamates (subject to hydrolysis) is 1. The summed E-state index contributed by atoms with van der Waals surface area (Å²) in [5, 5.41) is 41.1. The Morgan fingerprint density at radius 3 is 2.37 bits per heavy atom. The van der Waals surface area contributed by atoms with Crippen molar-refractivity contribution in [3.8, 4) is 0 Å². The van der Waals surface area contributed by atoms with E-state index in [1.54, 1.807) is 56.6 Å². The number of anilines is 1. The van der Waals surface area contributed by atoms with Crippen LogP contribution in [0, 0.1) is 11.8 Å². The Kier molecular flexibility index (Phi) is 15.1. The van der Waals surface area contributed by atoms with Crippen LogP contribution in [0.4, 0.5) is 10.5 Å². The second-order valence-corrected chi connectivity index (χ2v) is 17.8. The number of carbonyl (C=O) groups excluding carboxylic acids is 3. The molecule has 0 bridgehead atoms. The third-order valence-corrected chi connectivity index (χ3v) is 12.3. The number of unbranched alkanes of at least 4 members (excludes halogenated alkanes) is 3. The highest BCUT2D eigenvalue weighted by Crippen LogP contribution is 2.41. The van der Waals surface area contributed by atoms with E-state index < -0.39 is 35.9 Å². The van der Waals surface area contributed by atoms with Crippen molar-refractivity contribution in [3.05, 3.63) is 107 Å². The summed E-state index contributed by atoms with van der Waals surface area (Å²) in [5.74, 6) is -1.38. The molecule has 314 valence electrons. The zero-order valence-corrected chi connectivity index (χ0v) is 35.0. The molecule has 1 unspecified atom stereocenters. The van der Waals surface area contributed by atoms with Gasteiger partial charge in [0.05, 0.1) is 24.2 Å². The topological polar surface area (TPSA) is 167 Å². The van der Waals surface area contributed by atoms with Crippen LogP contribution in [0.1, 0.15) is 107 Å². The second kappa shape index (κ2) is 20.4. The van der Waals surface area contributed by atoms with Crippen LogP contribution in [0.2, 0.25) is 0 Å². The number of carbonyl (C=O) groups is 3. The average Bonchev–Trinajstić information content (AvgIpc) is 3.76. The molecule has 1 aliphatic carbocycles. The minimum Gasteiger partial charge on any atom is -0.461 e. The van der Waals surface area contributed by atoms with E-state index in [-0.39, 0.29) is 36.9 Å². The number of fused-ring (bicyclic) bond motifs is 2. The molecule has 5 N–H and O–H groups in total. The molecule has 1 fully saturated rings. The van der Waals surface area contributed by atoms with Gasteiger partial charge in [0.1, 0.15) is 12.2 Å². The molecule has 2 amide bonds. The number of thiophene rings is 1. The van der Waals surface area contributed by atoms with Crippen LogP contribution in [0.15, 0.2) is 91.3 Å². The molecule has 2 aromatic heterocycles. The summed E-state index contributed by atoms with van der Waals surface area (Å²) in [6.07, 6.45) is 7.09. The zero-order chi connectivity index (χ0) is 41.9. The average molecular weight is 824 g/mol. The van der Waals surface area contributed by atoms with Crippen molar-refractivity contribution in [2.24, 2.45) is 11.8 Å². The summed E-state index contributed by atoms with van der Waals surface area (Å²) in [4.78, 5) is 43.8. The smallest absolute Gasteiger partial charge is 0.407 e. The Morgan fingerprint density at radius 1 is 0.864 bits per heavy atom. The lowest BCUT2D eigenvalue weighted by Crippen LogP contribution is -2.37. The van der Waals surface area contributed by atoms with Gasteiger partial charge >= 0.3 is 12.1 Å². The fourth-order valence-corrected chi connectivity index (χ4v) is 9.06. The molecule has 6 atom stereocenters. The Labute approximate surface area is 350 Å². The fourth-order valence-electron chi connectivity index (χ4n) is 7.98. The first kappa shape index (κ1) is 43.7. The van der Waals surface area contributed by atoms with Gasteiger partial charge in [0, 0.05) is 46.0 Å². The Hall–Kier alpha value is -4.88. The van der Waals surface area contributed by atoms with Crippen molar-refractivity contribution in [2.75, 3.05) is 11.9 Å². The maximum absolute atomic E-state index is 13.6. The molecule has 5 aromatic rings. The number of aromatic nitrogens is 1. The van der Waals surface area contributed by atoms with E-state index in [0.717, 1.165) is 57.0 Å². The number of aliphatic hydroxyl groups excluding tert-OH is 3. The first-order valence-electron chi connectivity index (χ1n) is 20.7. The van der Waals surface area contributed by atoms with Gasteiger partial charge in [-0.3, -0.25) is 14.6 Å². The number of ether oxygens (including phenoxy) is 2. The van der Waals surface area contributed by atoms with E-state index in [2.05, 4.69) is 21.7 Å². The molecule has 2 heterocycles. The Morgan fingerprint density at radius 2 is 1.61 bits per heavy atom. The summed E-state index contributed by atoms with van der Waals surface area (Å²) in [6.45, 7) is 5.42. The number of nitrogens with zero attached hydrogens (tertiary/aromatic N) is 1. The van der Waals surface area contributed by atoms with Crippen LogP contribution in [0.3, 0.4) is 0 Å². The highest BCUT2D eigenvalue weighted by atomic mass is 32.1. The van der Waals surface area contributed by atoms with Crippen molar-refractivity contribution in [1.29, 1.82) is 0 Å². The molecule has 6 rings (SSSR count). The second-order valence-electron chi connectivity index (χ2n) is 16.7. The van der Waals surface area contributed by atoms with Crippen molar-refractivity contribution < 1.29 is 39.2 Å². The monoisotopic (exact) mass is 823 g/mol. The van der Waals surface area contributed by atoms with E-state index >= 15 is 0 Å². The molecule has 0 radical (unpaired) electrons. The summed E-state index contributed by atoms with van der Waals surface area (Å²) in [7, 11) is 0. The standard InChI is InChI=1S/C47H57N3O8S/c1-47(2,3)58-46(56)49-28-38(45(55)50-35-19-18-34-27-48-23-22-32(34)24-35)31-16-14-30(15-17-31)29-57-44(54)13-7-5-4-6-11-36-37(41(53)26-40(36)52)20-21-39(51)43-25-33-10-8-9-12-42(33)59-43/h8-10,12,14-19,22-25,27,36-41,51-53H,4-7,11,13,20-21,26,28-29H2,1-3H3,(H,49,56)(H,50,55)/t36-,37-,38?,39-,40+,41-/m1/s1. The number of nitrogens with one attached hydrogen (secondary N) is 2. The van der Waals surface area contributed by atoms with Gasteiger partial charge < -0.3 is 35.4 Å². The highest BCUT2D eigenvalue weighted by molar-refractivity contribution is 7.19. The van der Waals surface area contributed by atoms with E-state index in [0.29, 0.717) is 43.4 Å². The molecule has 12 heteroatoms. The first-order valence-corrected chi connectivity index (χ1v) is 21.5. The number of pyridine rings is 1. The number of aliphatic hydroxyl groups is 3. The lowest BCUT2D eigenvalue weighted by Gasteiger charge is -2.24. The molecule has 0 aliphatic heterocycles. The zero-order valence-electron chi connectivity index (χ0n) is 34.1. The molecule has 3 aromatic carbocycles. The molecular weight excluding hydrogens is 767 g/mol. The maximum atomic E-state index is 13.6. The maximum Gasteiger partial charge on any atom is 0.407 e. The summed E-state index contributed by atoms with van der Waals surface area (Å²) >= 11 is 1.60. The van der Waals surface area contributed by atoms with Crippen molar-refractivity contribution >= 4 is 55.9 Å². The normalized spacial score (nSPS) is 19.0. The quantitative estimate of drug-likeness (QED) is 0.0428. The molecule has 11 nitrogen and oxygen atoms in total. The SMILES string of the molecule is CC(C)(C)OC(=O)NCC(C(=O)Nc1ccc2cnccc2c1)c1ccc(COC(=O)CCCCCC[C@@H]2[C@@H](CC[C@@H](O)c3cc4ccccc4s3)[C@H](O)C[C@@H]2O)cc1. The lowest BCUT2D eigenvalue weighted by molar-refractivity contribution is -0.145. The van der Waals surface area contributed by atoms with Gasteiger partial charge in [-0.2, -0.15) is 0 Å². The summed E-state index contributed by atoms with van der Waals surface area (Å²) in [5.41, 5.74) is 1.37. The van der Waals surface area contributed by atoms with Crippen LogP contribution >= 0.6 is 11.3 Å². The van der Waals surface area contributed by atoms with Gasteiger partial charge in [0.15, 0.2) is 0 Å². The number of benzene rings is 3. The molecule has 1 saturated carbocycles. The Bertz CT molecular complexity index is 2130. The number of amides is 2. The van der Waals surface area contributed by atoms with Crippen LogP contribution in [-0.4, -0.2) is 62.6 Å². The van der Waals surface area contributed by atoms with E-state index in [9.17, 15) is 29.7 Å². The van der Waals surface area contributed by atoms with Gasteiger partial charge in [-0.25, -0.2) is 4.79 Å². The highest BCUT2D eigenvalue weighted by Gasteiger charge is 2.41. The van der Waals surface area contributed by atoms with E-state index in [4.69, 9.17) is 9.47 Å². The molecule has 0 saturated heterocycles. The van der Waals surface area contributed by atoms with Gasteiger partial charge in [0.25, 0.3) is 0 Å². The fraction of sp³-hybridized carbons (Fsp3) is 0.447. The first-order chi connectivity index (χ1) is 28.3. The van der Waals surface area contributed by atoms with Gasteiger partial charge in [0.2, 0.25) is 5.91 Å². The molecule has 59 heavy (non-hydrogen) atoms. The predicted molar refractivity (Wildman–Crippen MR) is 231 cm³/mol. The number of rotatable bonds is 18. The summed E-state index contributed by atoms with van der Waals surface area (Å²) in [6, 6.07) is 24.8.